The van der Waals surface area contributed by atoms with Crippen molar-refractivity contribution in [2.45, 2.75) is 23.7 Å². The summed E-state index contributed by atoms with van der Waals surface area (Å²) in [6.07, 6.45) is 6.96. The SMILES string of the molecule is CC(=O)NC1=CC=C[C@@](C)(I)C1. The minimum absolute atomic E-state index is 0.00347. The zero-order chi connectivity index (χ0) is 9.19. The summed E-state index contributed by atoms with van der Waals surface area (Å²) in [6, 6.07) is 0. The zero-order valence-electron chi connectivity index (χ0n) is 7.23. The molecular weight excluding hydrogens is 265 g/mol. The number of rotatable bonds is 1. The molecule has 0 aromatic carbocycles. The fourth-order valence-corrected chi connectivity index (χ4v) is 1.79. The molecule has 1 rings (SSSR count). The van der Waals surface area contributed by atoms with E-state index in [0.717, 1.165) is 12.1 Å². The Kier molecular flexibility index (Phi) is 2.93. The summed E-state index contributed by atoms with van der Waals surface area (Å²) in [7, 11) is 0. The van der Waals surface area contributed by atoms with Crippen LogP contribution in [0.3, 0.4) is 0 Å². The molecule has 2 nitrogen and oxygen atoms in total. The number of nitrogens with one attached hydrogen (secondary N) is 1. The Balaban J connectivity index is 2.64. The Labute approximate surface area is 86.2 Å². The first-order chi connectivity index (χ1) is 5.49. The molecule has 1 aliphatic rings. The quantitative estimate of drug-likeness (QED) is 0.577. The van der Waals surface area contributed by atoms with Gasteiger partial charge in [-0.15, -0.1) is 0 Å². The number of amides is 1. The van der Waals surface area contributed by atoms with Crippen LogP contribution < -0.4 is 5.32 Å². The molecule has 0 heterocycles. The number of carbonyl (C=O) groups is 1. The summed E-state index contributed by atoms with van der Waals surface area (Å²) in [6.45, 7) is 3.67. The molecule has 1 N–H and O–H groups in total. The van der Waals surface area contributed by atoms with Gasteiger partial charge < -0.3 is 5.32 Å². The van der Waals surface area contributed by atoms with E-state index in [1.165, 1.54) is 6.92 Å². The highest BCUT2D eigenvalue weighted by Crippen LogP contribution is 2.30. The van der Waals surface area contributed by atoms with Crippen molar-refractivity contribution in [1.29, 1.82) is 0 Å². The topological polar surface area (TPSA) is 29.1 Å². The summed E-state index contributed by atoms with van der Waals surface area (Å²) < 4.78 is 0.143. The van der Waals surface area contributed by atoms with E-state index in [1.54, 1.807) is 0 Å². The minimum Gasteiger partial charge on any atom is -0.330 e. The van der Waals surface area contributed by atoms with Gasteiger partial charge in [0.15, 0.2) is 0 Å². The van der Waals surface area contributed by atoms with Crippen molar-refractivity contribution in [3.63, 3.8) is 0 Å². The molecule has 66 valence electrons. The summed E-state index contributed by atoms with van der Waals surface area (Å²) in [5, 5.41) is 2.80. The molecule has 1 amide bonds. The molecule has 0 saturated carbocycles. The fourth-order valence-electron chi connectivity index (χ4n) is 1.17. The molecule has 3 heteroatoms. The van der Waals surface area contributed by atoms with Gasteiger partial charge in [-0.05, 0) is 13.0 Å². The van der Waals surface area contributed by atoms with Crippen LogP contribution in [0.15, 0.2) is 23.9 Å². The van der Waals surface area contributed by atoms with Gasteiger partial charge in [-0.2, -0.15) is 0 Å². The van der Waals surface area contributed by atoms with Crippen LogP contribution >= 0.6 is 22.6 Å². The first kappa shape index (κ1) is 9.77. The third kappa shape index (κ3) is 2.97. The lowest BCUT2D eigenvalue weighted by Crippen LogP contribution is -2.26. The number of hydrogen-bond acceptors (Lipinski definition) is 1. The van der Waals surface area contributed by atoms with E-state index in [2.05, 4.69) is 40.9 Å². The van der Waals surface area contributed by atoms with Crippen LogP contribution in [-0.2, 0) is 4.79 Å². The van der Waals surface area contributed by atoms with Gasteiger partial charge in [0, 0.05) is 22.5 Å². The zero-order valence-corrected chi connectivity index (χ0v) is 9.38. The Bertz CT molecular complexity index is 253. The van der Waals surface area contributed by atoms with Crippen LogP contribution in [0.2, 0.25) is 0 Å². The highest BCUT2D eigenvalue weighted by atomic mass is 127. The summed E-state index contributed by atoms with van der Waals surface area (Å²) in [5.41, 5.74) is 1.00. The molecule has 0 aromatic rings. The molecule has 0 bridgehead atoms. The summed E-state index contributed by atoms with van der Waals surface area (Å²) >= 11 is 2.37. The van der Waals surface area contributed by atoms with E-state index in [0.29, 0.717) is 0 Å². The van der Waals surface area contributed by atoms with Gasteiger partial charge >= 0.3 is 0 Å². The van der Waals surface area contributed by atoms with Gasteiger partial charge in [-0.25, -0.2) is 0 Å². The third-order valence-electron chi connectivity index (χ3n) is 1.61. The molecule has 12 heavy (non-hydrogen) atoms. The number of alkyl halides is 1. The number of allylic oxidation sites excluding steroid dienone is 4. The van der Waals surface area contributed by atoms with Crippen molar-refractivity contribution in [3.05, 3.63) is 23.9 Å². The molecule has 0 unspecified atom stereocenters. The standard InChI is InChI=1S/C9H12INO/c1-7(12)11-8-4-3-5-9(2,10)6-8/h3-5H,6H2,1-2H3,(H,11,12)/t9-/m1/s1. The van der Waals surface area contributed by atoms with Gasteiger partial charge in [-0.3, -0.25) is 4.79 Å². The highest BCUT2D eigenvalue weighted by Gasteiger charge is 2.20. The molecule has 0 fully saturated rings. The lowest BCUT2D eigenvalue weighted by molar-refractivity contribution is -0.118. The number of hydrogen-bond donors (Lipinski definition) is 1. The van der Waals surface area contributed by atoms with Crippen molar-refractivity contribution >= 4 is 28.5 Å². The molecule has 0 saturated heterocycles. The predicted octanol–water partition coefficient (Wildman–Crippen LogP) is 2.16. The highest BCUT2D eigenvalue weighted by molar-refractivity contribution is 14.1. The van der Waals surface area contributed by atoms with Crippen molar-refractivity contribution < 1.29 is 4.79 Å². The van der Waals surface area contributed by atoms with Gasteiger partial charge in [0.25, 0.3) is 0 Å². The van der Waals surface area contributed by atoms with Crippen molar-refractivity contribution in [2.75, 3.05) is 0 Å². The first-order valence-corrected chi connectivity index (χ1v) is 4.92. The Morgan fingerprint density at radius 1 is 1.75 bits per heavy atom. The van der Waals surface area contributed by atoms with Crippen molar-refractivity contribution in [2.24, 2.45) is 0 Å². The van der Waals surface area contributed by atoms with Gasteiger partial charge in [0.1, 0.15) is 0 Å². The van der Waals surface area contributed by atoms with E-state index in [-0.39, 0.29) is 9.33 Å². The second-order valence-electron chi connectivity index (χ2n) is 3.19. The van der Waals surface area contributed by atoms with E-state index < -0.39 is 0 Å². The molecule has 1 aliphatic carbocycles. The molecule has 1 atom stereocenters. The summed E-state index contributed by atoms with van der Waals surface area (Å²) in [4.78, 5) is 10.7. The van der Waals surface area contributed by atoms with Crippen LogP contribution in [0.4, 0.5) is 0 Å². The fraction of sp³-hybridized carbons (Fsp3) is 0.444. The average Bonchev–Trinajstić information content (AvgIpc) is 1.82. The molecular formula is C9H12INO. The Hall–Kier alpha value is -0.320. The maximum Gasteiger partial charge on any atom is 0.220 e. The normalized spacial score (nSPS) is 28.1. The van der Waals surface area contributed by atoms with Gasteiger partial charge in [0.05, 0.1) is 0 Å². The monoisotopic (exact) mass is 277 g/mol. The van der Waals surface area contributed by atoms with Gasteiger partial charge in [0.2, 0.25) is 5.91 Å². The first-order valence-electron chi connectivity index (χ1n) is 3.84. The molecule has 0 aliphatic heterocycles. The van der Waals surface area contributed by atoms with Crippen molar-refractivity contribution in [1.82, 2.24) is 5.32 Å². The van der Waals surface area contributed by atoms with E-state index in [4.69, 9.17) is 0 Å². The maximum absolute atomic E-state index is 10.7. The minimum atomic E-state index is 0.00347. The second kappa shape index (κ2) is 3.60. The Morgan fingerprint density at radius 2 is 2.42 bits per heavy atom. The average molecular weight is 277 g/mol. The smallest absolute Gasteiger partial charge is 0.220 e. The van der Waals surface area contributed by atoms with Crippen LogP contribution in [-0.4, -0.2) is 9.33 Å². The van der Waals surface area contributed by atoms with Crippen molar-refractivity contribution in [3.8, 4) is 0 Å². The molecule has 0 aromatic heterocycles. The maximum atomic E-state index is 10.7. The van der Waals surface area contributed by atoms with E-state index >= 15 is 0 Å². The largest absolute Gasteiger partial charge is 0.330 e. The predicted molar refractivity (Wildman–Crippen MR) is 58.1 cm³/mol. The van der Waals surface area contributed by atoms with Crippen LogP contribution in [0.5, 0.6) is 0 Å². The number of carbonyl (C=O) groups excluding carboxylic acids is 1. The van der Waals surface area contributed by atoms with E-state index in [9.17, 15) is 4.79 Å². The third-order valence-corrected chi connectivity index (χ3v) is 2.35. The van der Waals surface area contributed by atoms with Crippen LogP contribution in [0, 0.1) is 0 Å². The lowest BCUT2D eigenvalue weighted by Gasteiger charge is -2.23. The molecule has 0 spiro atoms. The summed E-state index contributed by atoms with van der Waals surface area (Å²) in [5.74, 6) is 0.00347. The van der Waals surface area contributed by atoms with Crippen LogP contribution in [0.25, 0.3) is 0 Å². The molecule has 0 radical (unpaired) electrons. The lowest BCUT2D eigenvalue weighted by atomic mass is 10.0. The van der Waals surface area contributed by atoms with Crippen LogP contribution in [0.1, 0.15) is 20.3 Å². The Morgan fingerprint density at radius 3 is 2.92 bits per heavy atom. The van der Waals surface area contributed by atoms with Gasteiger partial charge in [-0.1, -0.05) is 34.7 Å². The van der Waals surface area contributed by atoms with E-state index in [1.807, 2.05) is 12.2 Å². The number of halogens is 1. The second-order valence-corrected chi connectivity index (χ2v) is 5.65.